The van der Waals surface area contributed by atoms with E-state index in [9.17, 15) is 18.0 Å². The Morgan fingerprint density at radius 2 is 1.85 bits per heavy atom. The van der Waals surface area contributed by atoms with Crippen LogP contribution in [0.1, 0.15) is 10.4 Å². The maximum Gasteiger partial charge on any atom is 0.259 e. The molecule has 20 heavy (non-hydrogen) atoms. The van der Waals surface area contributed by atoms with Crippen LogP contribution in [0.2, 0.25) is 0 Å². The van der Waals surface area contributed by atoms with Crippen LogP contribution in [0.15, 0.2) is 30.5 Å². The first-order chi connectivity index (χ1) is 9.52. The van der Waals surface area contributed by atoms with E-state index in [0.717, 1.165) is 24.4 Å². The summed E-state index contributed by atoms with van der Waals surface area (Å²) in [5, 5.41) is 4.65. The normalized spacial score (nSPS) is 10.2. The molecule has 0 radical (unpaired) electrons. The summed E-state index contributed by atoms with van der Waals surface area (Å²) >= 11 is 0. The Hall–Kier alpha value is -2.57. The maximum atomic E-state index is 13.4. The Bertz CT molecular complexity index is 641. The minimum Gasteiger partial charge on any atom is -0.372 e. The number of benzene rings is 1. The Labute approximate surface area is 112 Å². The predicted octanol–water partition coefficient (Wildman–Crippen LogP) is 2.79. The van der Waals surface area contributed by atoms with Crippen molar-refractivity contribution in [3.8, 4) is 0 Å². The summed E-state index contributed by atoms with van der Waals surface area (Å²) in [4.78, 5) is 15.6. The van der Waals surface area contributed by atoms with Gasteiger partial charge in [-0.05, 0) is 18.2 Å². The summed E-state index contributed by atoms with van der Waals surface area (Å²) in [5.74, 6) is -3.35. The van der Waals surface area contributed by atoms with Crippen LogP contribution in [0.25, 0.3) is 0 Å². The van der Waals surface area contributed by atoms with Crippen molar-refractivity contribution in [1.82, 2.24) is 4.98 Å². The Morgan fingerprint density at radius 3 is 2.45 bits per heavy atom. The second-order valence-corrected chi connectivity index (χ2v) is 3.85. The van der Waals surface area contributed by atoms with E-state index in [2.05, 4.69) is 15.6 Å². The smallest absolute Gasteiger partial charge is 0.259 e. The van der Waals surface area contributed by atoms with Gasteiger partial charge in [-0.25, -0.2) is 18.2 Å². The maximum absolute atomic E-state index is 13.4. The number of hydrogen-bond acceptors (Lipinski definition) is 3. The monoisotopic (exact) mass is 281 g/mol. The average Bonchev–Trinajstić information content (AvgIpc) is 2.43. The Kier molecular flexibility index (Phi) is 3.88. The molecule has 4 nitrogen and oxygen atoms in total. The molecule has 0 fully saturated rings. The van der Waals surface area contributed by atoms with E-state index in [0.29, 0.717) is 0 Å². The number of aromatic nitrogens is 1. The van der Waals surface area contributed by atoms with E-state index in [1.165, 1.54) is 13.1 Å². The number of para-hydroxylation sites is 1. The fourth-order valence-electron chi connectivity index (χ4n) is 1.61. The second kappa shape index (κ2) is 5.60. The molecule has 7 heteroatoms. The molecule has 2 aromatic rings. The molecular formula is C13H10F3N3O. The lowest BCUT2D eigenvalue weighted by Crippen LogP contribution is -2.17. The molecule has 0 aliphatic carbocycles. The topological polar surface area (TPSA) is 54.0 Å². The van der Waals surface area contributed by atoms with Crippen LogP contribution < -0.4 is 10.6 Å². The van der Waals surface area contributed by atoms with E-state index in [-0.39, 0.29) is 11.4 Å². The highest BCUT2D eigenvalue weighted by atomic mass is 19.1. The highest BCUT2D eigenvalue weighted by Gasteiger charge is 2.17. The average molecular weight is 281 g/mol. The van der Waals surface area contributed by atoms with Gasteiger partial charge in [0.15, 0.2) is 0 Å². The van der Waals surface area contributed by atoms with Crippen LogP contribution in [0.4, 0.5) is 24.7 Å². The number of carbonyl (C=O) groups is 1. The summed E-state index contributed by atoms with van der Waals surface area (Å²) in [6, 6.07) is 4.10. The van der Waals surface area contributed by atoms with Crippen molar-refractivity contribution in [3.63, 3.8) is 0 Å². The van der Waals surface area contributed by atoms with Gasteiger partial charge in [-0.1, -0.05) is 6.07 Å². The Balaban J connectivity index is 2.35. The molecule has 1 amide bonds. The SMILES string of the molecule is CNc1ncc(F)cc1C(=O)Nc1c(F)cccc1F. The zero-order valence-electron chi connectivity index (χ0n) is 10.4. The molecule has 0 bridgehead atoms. The summed E-state index contributed by atoms with van der Waals surface area (Å²) in [6.45, 7) is 0. The third-order valence-electron chi connectivity index (χ3n) is 2.54. The third-order valence-corrected chi connectivity index (χ3v) is 2.54. The van der Waals surface area contributed by atoms with Crippen molar-refractivity contribution in [2.45, 2.75) is 0 Å². The van der Waals surface area contributed by atoms with Crippen molar-refractivity contribution in [2.24, 2.45) is 0 Å². The molecule has 0 spiro atoms. The number of pyridine rings is 1. The number of rotatable bonds is 3. The van der Waals surface area contributed by atoms with Crippen molar-refractivity contribution in [1.29, 1.82) is 0 Å². The molecule has 1 aromatic heterocycles. The van der Waals surface area contributed by atoms with Crippen molar-refractivity contribution in [3.05, 3.63) is 53.5 Å². The van der Waals surface area contributed by atoms with Gasteiger partial charge in [0.1, 0.15) is 29.0 Å². The minimum absolute atomic E-state index is 0.0978. The molecule has 2 N–H and O–H groups in total. The quantitative estimate of drug-likeness (QED) is 0.909. The van der Waals surface area contributed by atoms with Crippen molar-refractivity contribution < 1.29 is 18.0 Å². The minimum atomic E-state index is -0.922. The number of halogens is 3. The first-order valence-electron chi connectivity index (χ1n) is 5.61. The number of carbonyl (C=O) groups excluding carboxylic acids is 1. The van der Waals surface area contributed by atoms with Crippen LogP contribution in [0.3, 0.4) is 0 Å². The molecule has 0 atom stereocenters. The zero-order valence-corrected chi connectivity index (χ0v) is 10.4. The van der Waals surface area contributed by atoms with Crippen molar-refractivity contribution in [2.75, 3.05) is 17.7 Å². The molecule has 104 valence electrons. The molecular weight excluding hydrogens is 271 g/mol. The lowest BCUT2D eigenvalue weighted by molar-refractivity contribution is 0.102. The molecule has 2 rings (SSSR count). The Morgan fingerprint density at radius 1 is 1.20 bits per heavy atom. The second-order valence-electron chi connectivity index (χ2n) is 3.85. The molecule has 1 heterocycles. The van der Waals surface area contributed by atoms with Gasteiger partial charge in [-0.2, -0.15) is 0 Å². The lowest BCUT2D eigenvalue weighted by Gasteiger charge is -2.10. The van der Waals surface area contributed by atoms with E-state index >= 15 is 0 Å². The van der Waals surface area contributed by atoms with Crippen LogP contribution in [0.5, 0.6) is 0 Å². The molecule has 0 unspecified atom stereocenters. The number of nitrogens with one attached hydrogen (secondary N) is 2. The number of hydrogen-bond donors (Lipinski definition) is 2. The molecule has 1 aromatic carbocycles. The van der Waals surface area contributed by atoms with E-state index < -0.39 is 29.0 Å². The lowest BCUT2D eigenvalue weighted by atomic mass is 10.2. The molecule has 0 aliphatic rings. The molecule has 0 saturated carbocycles. The largest absolute Gasteiger partial charge is 0.372 e. The van der Waals surface area contributed by atoms with Crippen LogP contribution in [-0.4, -0.2) is 17.9 Å². The summed E-state index contributed by atoms with van der Waals surface area (Å²) in [7, 11) is 1.49. The van der Waals surface area contributed by atoms with Crippen LogP contribution in [-0.2, 0) is 0 Å². The van der Waals surface area contributed by atoms with Gasteiger partial charge in [0.25, 0.3) is 5.91 Å². The van der Waals surface area contributed by atoms with Gasteiger partial charge in [0.05, 0.1) is 11.8 Å². The standard InChI is InChI=1S/C13H10F3N3O/c1-17-12-8(5-7(14)6-18-12)13(20)19-11-9(15)3-2-4-10(11)16/h2-6H,1H3,(H,17,18)(H,19,20). The van der Waals surface area contributed by atoms with Crippen LogP contribution in [0, 0.1) is 17.5 Å². The van der Waals surface area contributed by atoms with Gasteiger partial charge in [-0.15, -0.1) is 0 Å². The van der Waals surface area contributed by atoms with E-state index in [4.69, 9.17) is 0 Å². The van der Waals surface area contributed by atoms with Crippen molar-refractivity contribution >= 4 is 17.4 Å². The fraction of sp³-hybridized carbons (Fsp3) is 0.0769. The predicted molar refractivity (Wildman–Crippen MR) is 68.1 cm³/mol. The van der Waals surface area contributed by atoms with Crippen LogP contribution >= 0.6 is 0 Å². The molecule has 0 saturated heterocycles. The summed E-state index contributed by atoms with van der Waals surface area (Å²) in [6.07, 6.45) is 0.923. The van der Waals surface area contributed by atoms with Gasteiger partial charge in [-0.3, -0.25) is 4.79 Å². The highest BCUT2D eigenvalue weighted by molar-refractivity contribution is 6.07. The first kappa shape index (κ1) is 13.9. The number of nitrogens with zero attached hydrogens (tertiary/aromatic N) is 1. The van der Waals surface area contributed by atoms with Gasteiger partial charge in [0.2, 0.25) is 0 Å². The van der Waals surface area contributed by atoms with E-state index in [1.807, 2.05) is 0 Å². The third kappa shape index (κ3) is 2.71. The zero-order chi connectivity index (χ0) is 14.7. The first-order valence-corrected chi connectivity index (χ1v) is 5.61. The van der Waals surface area contributed by atoms with Gasteiger partial charge in [0, 0.05) is 7.05 Å². The molecule has 0 aliphatic heterocycles. The summed E-state index contributed by atoms with van der Waals surface area (Å²) < 4.78 is 40.0. The fourth-order valence-corrected chi connectivity index (χ4v) is 1.61. The highest BCUT2D eigenvalue weighted by Crippen LogP contribution is 2.21. The number of anilines is 2. The summed E-state index contributed by atoms with van der Waals surface area (Å²) in [5.41, 5.74) is -0.751. The number of amides is 1. The van der Waals surface area contributed by atoms with Gasteiger partial charge >= 0.3 is 0 Å². The van der Waals surface area contributed by atoms with E-state index in [1.54, 1.807) is 0 Å². The van der Waals surface area contributed by atoms with Gasteiger partial charge < -0.3 is 10.6 Å².